The van der Waals surface area contributed by atoms with E-state index in [2.05, 4.69) is 20.1 Å². The molecule has 1 aromatic heterocycles. The number of amides is 1. The molecule has 3 rings (SSSR count). The van der Waals surface area contributed by atoms with Gasteiger partial charge in [-0.15, -0.1) is 5.10 Å². The maximum absolute atomic E-state index is 12.9. The highest BCUT2D eigenvalue weighted by atomic mass is 19.1. The first-order chi connectivity index (χ1) is 16.2. The molecule has 10 heteroatoms. The molecular weight excluding hydrogens is 439 g/mol. The van der Waals surface area contributed by atoms with Crippen LogP contribution in [-0.4, -0.2) is 42.0 Å². The van der Waals surface area contributed by atoms with Gasteiger partial charge in [-0.05, 0) is 49.6 Å². The molecule has 0 unspecified atom stereocenters. The number of pyridine rings is 1. The fourth-order valence-electron chi connectivity index (χ4n) is 3.54. The van der Waals surface area contributed by atoms with Crippen LogP contribution in [0.5, 0.6) is 0 Å². The van der Waals surface area contributed by atoms with E-state index in [0.717, 1.165) is 23.5 Å². The number of aryl methyl sites for hydroxylation is 1. The summed E-state index contributed by atoms with van der Waals surface area (Å²) in [5, 5.41) is 7.71. The van der Waals surface area contributed by atoms with E-state index >= 15 is 0 Å². The molecule has 0 aliphatic heterocycles. The summed E-state index contributed by atoms with van der Waals surface area (Å²) in [5.74, 6) is 5.12. The average molecular weight is 473 g/mol. The number of nitrogens with two attached hydrogens (primary N) is 2. The van der Waals surface area contributed by atoms with E-state index < -0.39 is 0 Å². The van der Waals surface area contributed by atoms with Crippen LogP contribution in [0.25, 0.3) is 0 Å². The number of hydrazine groups is 1. The Morgan fingerprint density at radius 2 is 1.85 bits per heavy atom. The third kappa shape index (κ3) is 8.78. The number of carbonyl (C=O) groups excluding carboxylic acids is 2. The molecule has 5 N–H and O–H groups in total. The van der Waals surface area contributed by atoms with E-state index in [4.69, 9.17) is 11.6 Å². The van der Waals surface area contributed by atoms with Crippen LogP contribution in [0, 0.1) is 18.7 Å². The molecule has 1 heterocycles. The van der Waals surface area contributed by atoms with Crippen molar-refractivity contribution in [3.63, 3.8) is 0 Å². The number of methoxy groups -OCH3 is 1. The van der Waals surface area contributed by atoms with E-state index in [1.807, 2.05) is 0 Å². The second-order valence-corrected chi connectivity index (χ2v) is 8.11. The summed E-state index contributed by atoms with van der Waals surface area (Å²) < 4.78 is 17.5. The molecule has 1 amide bonds. The second kappa shape index (κ2) is 13.2. The molecule has 0 bridgehead atoms. The number of carbonyl (C=O) groups is 2. The van der Waals surface area contributed by atoms with Gasteiger partial charge in [-0.25, -0.2) is 20.3 Å². The van der Waals surface area contributed by atoms with E-state index in [1.54, 1.807) is 25.1 Å². The van der Waals surface area contributed by atoms with Crippen molar-refractivity contribution in [1.82, 2.24) is 15.4 Å². The Balaban J connectivity index is 0.000000340. The first-order valence-electron chi connectivity index (χ1n) is 11.1. The van der Waals surface area contributed by atoms with Crippen LogP contribution in [0.15, 0.2) is 41.5 Å². The number of halogens is 1. The lowest BCUT2D eigenvalue weighted by atomic mass is 9.89. The van der Waals surface area contributed by atoms with E-state index in [-0.39, 0.29) is 41.7 Å². The monoisotopic (exact) mass is 472 g/mol. The summed E-state index contributed by atoms with van der Waals surface area (Å²) in [4.78, 5) is 27.4. The molecule has 1 saturated carbocycles. The van der Waals surface area contributed by atoms with Gasteiger partial charge in [0.2, 0.25) is 0 Å². The van der Waals surface area contributed by atoms with Crippen LogP contribution in [0.2, 0.25) is 0 Å². The largest absolute Gasteiger partial charge is 0.469 e. The smallest absolute Gasteiger partial charge is 0.308 e. The lowest BCUT2D eigenvalue weighted by Crippen LogP contribution is -2.27. The highest BCUT2D eigenvalue weighted by Gasteiger charge is 2.21. The van der Waals surface area contributed by atoms with Crippen LogP contribution in [0.3, 0.4) is 0 Å². The number of hydrogen-bond donors (Lipinski definition) is 3. The Morgan fingerprint density at radius 3 is 2.44 bits per heavy atom. The van der Waals surface area contributed by atoms with Crippen LogP contribution >= 0.6 is 0 Å². The Labute approximate surface area is 199 Å². The summed E-state index contributed by atoms with van der Waals surface area (Å²) in [6, 6.07) is 9.13. The summed E-state index contributed by atoms with van der Waals surface area (Å²) in [7, 11) is 3.01. The molecule has 2 aromatic rings. The number of esters is 1. The Hall–Kier alpha value is -3.53. The zero-order valence-corrected chi connectivity index (χ0v) is 19.9. The van der Waals surface area contributed by atoms with Gasteiger partial charge >= 0.3 is 5.97 Å². The number of nitrogens with one attached hydrogen (secondary N) is 1. The lowest BCUT2D eigenvalue weighted by molar-refractivity contribution is -0.146. The minimum absolute atomic E-state index is 0.0142. The van der Waals surface area contributed by atoms with E-state index in [9.17, 15) is 14.0 Å². The van der Waals surface area contributed by atoms with Crippen LogP contribution < -0.4 is 16.9 Å². The molecule has 34 heavy (non-hydrogen) atoms. The molecule has 1 aliphatic carbocycles. The predicted octanol–water partition coefficient (Wildman–Crippen LogP) is 2.62. The van der Waals surface area contributed by atoms with Crippen molar-refractivity contribution >= 4 is 17.7 Å². The van der Waals surface area contributed by atoms with Crippen molar-refractivity contribution in [2.75, 3.05) is 14.2 Å². The number of amidine groups is 1. The molecule has 1 aliphatic rings. The average Bonchev–Trinajstić information content (AvgIpc) is 2.83. The van der Waals surface area contributed by atoms with Gasteiger partial charge in [-0.1, -0.05) is 31.4 Å². The molecular formula is C24H33FN6O3. The van der Waals surface area contributed by atoms with Crippen LogP contribution in [0.1, 0.15) is 59.4 Å². The highest BCUT2D eigenvalue weighted by Crippen LogP contribution is 2.24. The van der Waals surface area contributed by atoms with Gasteiger partial charge in [0.05, 0.1) is 13.0 Å². The first-order valence-corrected chi connectivity index (χ1v) is 11.1. The Morgan fingerprint density at radius 1 is 1.21 bits per heavy atom. The molecule has 1 fully saturated rings. The topological polar surface area (TPSA) is 136 Å². The zero-order valence-electron chi connectivity index (χ0n) is 19.9. The maximum Gasteiger partial charge on any atom is 0.308 e. The van der Waals surface area contributed by atoms with Gasteiger partial charge in [0.25, 0.3) is 5.91 Å². The third-order valence-electron chi connectivity index (χ3n) is 5.25. The molecule has 0 spiro atoms. The minimum Gasteiger partial charge on any atom is -0.469 e. The number of rotatable bonds is 6. The number of ether oxygens (including phenoxy) is 1. The molecule has 0 atom stereocenters. The van der Waals surface area contributed by atoms with Gasteiger partial charge in [0.1, 0.15) is 11.5 Å². The number of hydrazone groups is 1. The van der Waals surface area contributed by atoms with Crippen molar-refractivity contribution in [2.45, 2.75) is 45.6 Å². The fraction of sp³-hybridized carbons (Fsp3) is 0.417. The normalized spacial score (nSPS) is 14.0. The maximum atomic E-state index is 12.9. The Kier molecular flexibility index (Phi) is 10.4. The quantitative estimate of drug-likeness (QED) is 0.193. The van der Waals surface area contributed by atoms with Crippen LogP contribution in [-0.2, 0) is 16.1 Å². The fourth-order valence-corrected chi connectivity index (χ4v) is 3.54. The van der Waals surface area contributed by atoms with Gasteiger partial charge in [0, 0.05) is 24.8 Å². The van der Waals surface area contributed by atoms with Crippen LogP contribution in [0.4, 0.5) is 4.39 Å². The summed E-state index contributed by atoms with van der Waals surface area (Å²) in [6.45, 7) is 2.01. The third-order valence-corrected chi connectivity index (χ3v) is 5.25. The van der Waals surface area contributed by atoms with Crippen molar-refractivity contribution in [3.8, 4) is 0 Å². The molecule has 9 nitrogen and oxygen atoms in total. The molecule has 0 saturated heterocycles. The Bertz CT molecular complexity index is 989. The van der Waals surface area contributed by atoms with Gasteiger partial charge in [-0.3, -0.25) is 9.59 Å². The summed E-state index contributed by atoms with van der Waals surface area (Å²) in [6.07, 6.45) is 5.74. The predicted molar refractivity (Wildman–Crippen MR) is 128 cm³/mol. The van der Waals surface area contributed by atoms with E-state index in [0.29, 0.717) is 11.3 Å². The SMILES string of the molecule is COC(=O)C1CCCCC1.Cc1cc(/C(N)=N/N(C)N)cc(C(=O)NCc2ccc(F)cc2)n1. The van der Waals surface area contributed by atoms with Crippen molar-refractivity contribution in [3.05, 3.63) is 64.7 Å². The summed E-state index contributed by atoms with van der Waals surface area (Å²) >= 11 is 0. The number of nitrogens with zero attached hydrogens (tertiary/aromatic N) is 3. The summed E-state index contributed by atoms with van der Waals surface area (Å²) in [5.41, 5.74) is 8.01. The van der Waals surface area contributed by atoms with Crippen molar-refractivity contribution < 1.29 is 18.7 Å². The standard InChI is InChI=1S/C16H19FN6O.C8H14O2/c1-10-7-12(15(18)22-23(2)19)8-14(21-10)16(24)20-9-11-3-5-13(17)6-4-11;1-10-8(9)7-5-3-2-4-6-7/h3-8H,9,19H2,1-2H3,(H2,18,22)(H,20,24);7H,2-6H2,1H3. The molecule has 0 radical (unpaired) electrons. The zero-order chi connectivity index (χ0) is 25.1. The van der Waals surface area contributed by atoms with Gasteiger partial charge in [0.15, 0.2) is 5.84 Å². The number of aromatic nitrogens is 1. The van der Waals surface area contributed by atoms with E-state index in [1.165, 1.54) is 51.6 Å². The highest BCUT2D eigenvalue weighted by molar-refractivity contribution is 6.00. The number of benzene rings is 1. The second-order valence-electron chi connectivity index (χ2n) is 8.11. The minimum atomic E-state index is -0.363. The lowest BCUT2D eigenvalue weighted by Gasteiger charge is -2.18. The molecule has 1 aromatic carbocycles. The number of hydrogen-bond acceptors (Lipinski definition) is 7. The van der Waals surface area contributed by atoms with Crippen molar-refractivity contribution in [2.24, 2.45) is 22.6 Å². The molecule has 184 valence electrons. The first kappa shape index (κ1) is 26.7. The van der Waals surface area contributed by atoms with Gasteiger partial charge < -0.3 is 15.8 Å². The van der Waals surface area contributed by atoms with Crippen molar-refractivity contribution in [1.29, 1.82) is 0 Å². The van der Waals surface area contributed by atoms with Gasteiger partial charge in [-0.2, -0.15) is 0 Å².